The number of para-hydroxylation sites is 1. The molecule has 2 heterocycles. The van der Waals surface area contributed by atoms with Crippen molar-refractivity contribution in [3.63, 3.8) is 0 Å². The number of rotatable bonds is 5. The number of benzene rings is 2. The van der Waals surface area contributed by atoms with Gasteiger partial charge in [-0.05, 0) is 29.5 Å². The average Bonchev–Trinajstić information content (AvgIpc) is 3.36. The number of hydrogen-bond donors (Lipinski definition) is 2. The van der Waals surface area contributed by atoms with Crippen LogP contribution in [0.25, 0.3) is 0 Å². The van der Waals surface area contributed by atoms with E-state index in [9.17, 15) is 19.7 Å². The number of aromatic nitrogens is 1. The number of nitrogens with zero attached hydrogens (tertiary/aromatic N) is 3. The van der Waals surface area contributed by atoms with Gasteiger partial charge in [0.05, 0.1) is 10.5 Å². The number of non-ortho nitro benzene ring substituents is 1. The second kappa shape index (κ2) is 9.29. The lowest BCUT2D eigenvalue weighted by molar-refractivity contribution is -0.384. The molecule has 0 spiro atoms. The fourth-order valence-corrected chi connectivity index (χ4v) is 5.63. The number of nitrogens with one attached hydrogen (secondary N) is 1. The molecular formula is C27H25N5O4S. The third-order valence-electron chi connectivity index (χ3n) is 6.59. The largest absolute Gasteiger partial charge is 0.384 e. The van der Waals surface area contributed by atoms with Crippen LogP contribution >= 0.6 is 11.3 Å². The third kappa shape index (κ3) is 4.51. The van der Waals surface area contributed by atoms with E-state index in [1.165, 1.54) is 23.5 Å². The summed E-state index contributed by atoms with van der Waals surface area (Å²) in [6.45, 7) is 4.04. The summed E-state index contributed by atoms with van der Waals surface area (Å²) in [6.07, 6.45) is 2.39. The molecule has 0 fully saturated rings. The van der Waals surface area contributed by atoms with Crippen molar-refractivity contribution in [1.82, 2.24) is 4.98 Å². The molecule has 0 unspecified atom stereocenters. The van der Waals surface area contributed by atoms with Crippen LogP contribution in [0, 0.1) is 15.5 Å². The Hall–Kier alpha value is -4.31. The monoisotopic (exact) mass is 515 g/mol. The molecule has 10 heteroatoms. The minimum atomic E-state index is -0.876. The molecule has 1 aliphatic heterocycles. The molecule has 37 heavy (non-hydrogen) atoms. The predicted molar refractivity (Wildman–Crippen MR) is 142 cm³/mol. The van der Waals surface area contributed by atoms with Gasteiger partial charge in [0.15, 0.2) is 10.9 Å². The van der Waals surface area contributed by atoms with Gasteiger partial charge in [0, 0.05) is 53.0 Å². The molecule has 1 atom stereocenters. The SMILES string of the molecule is CC1(C)CC(=O)C2=C(C1)N(c1ccccc1)C(N)=C(C(=O)Nc1nccs1)[C@H]2c1cccc([N+](=O)[O-])c1. The van der Waals surface area contributed by atoms with E-state index in [1.54, 1.807) is 28.6 Å². The van der Waals surface area contributed by atoms with E-state index in [4.69, 9.17) is 5.73 Å². The van der Waals surface area contributed by atoms with Crippen molar-refractivity contribution in [1.29, 1.82) is 0 Å². The number of allylic oxidation sites excluding steroid dienone is 2. The maximum Gasteiger partial charge on any atom is 0.269 e. The van der Waals surface area contributed by atoms with Gasteiger partial charge in [0.1, 0.15) is 5.82 Å². The van der Waals surface area contributed by atoms with Gasteiger partial charge < -0.3 is 5.73 Å². The fourth-order valence-electron chi connectivity index (χ4n) is 5.11. The van der Waals surface area contributed by atoms with E-state index >= 15 is 0 Å². The second-order valence-electron chi connectivity index (χ2n) is 9.85. The Morgan fingerprint density at radius 1 is 1.19 bits per heavy atom. The van der Waals surface area contributed by atoms with Crippen LogP contribution in [0.1, 0.15) is 38.2 Å². The highest BCUT2D eigenvalue weighted by molar-refractivity contribution is 7.13. The van der Waals surface area contributed by atoms with E-state index in [2.05, 4.69) is 10.3 Å². The number of nitrogens with two attached hydrogens (primary N) is 1. The smallest absolute Gasteiger partial charge is 0.269 e. The highest BCUT2D eigenvalue weighted by Gasteiger charge is 2.46. The van der Waals surface area contributed by atoms with Crippen LogP contribution in [0.4, 0.5) is 16.5 Å². The van der Waals surface area contributed by atoms with Crippen molar-refractivity contribution in [2.45, 2.75) is 32.6 Å². The van der Waals surface area contributed by atoms with Crippen LogP contribution in [0.2, 0.25) is 0 Å². The molecule has 1 aliphatic carbocycles. The fraction of sp³-hybridized carbons (Fsp3) is 0.222. The molecule has 0 saturated carbocycles. The summed E-state index contributed by atoms with van der Waals surface area (Å²) < 4.78 is 0. The Morgan fingerprint density at radius 2 is 1.95 bits per heavy atom. The van der Waals surface area contributed by atoms with Gasteiger partial charge in [0.2, 0.25) is 0 Å². The number of Topliss-reactive ketones (excluding diaryl/α,β-unsaturated/α-hetero) is 1. The number of nitro benzene ring substituents is 1. The maximum absolute atomic E-state index is 13.8. The molecule has 0 radical (unpaired) electrons. The quantitative estimate of drug-likeness (QED) is 0.357. The zero-order valence-electron chi connectivity index (χ0n) is 20.3. The highest BCUT2D eigenvalue weighted by atomic mass is 32.1. The normalized spacial score (nSPS) is 19.0. The number of anilines is 2. The number of thiazole rings is 1. The number of amides is 1. The number of ketones is 1. The lowest BCUT2D eigenvalue weighted by atomic mass is 9.68. The lowest BCUT2D eigenvalue weighted by Crippen LogP contribution is -2.44. The van der Waals surface area contributed by atoms with Crippen LogP contribution in [-0.2, 0) is 9.59 Å². The summed E-state index contributed by atoms with van der Waals surface area (Å²) in [5.41, 5.74) is 8.78. The molecule has 2 aliphatic rings. The minimum absolute atomic E-state index is 0.115. The van der Waals surface area contributed by atoms with E-state index in [0.717, 1.165) is 5.69 Å². The number of hydrogen-bond acceptors (Lipinski definition) is 8. The molecule has 2 aromatic carbocycles. The van der Waals surface area contributed by atoms with E-state index in [1.807, 2.05) is 44.2 Å². The van der Waals surface area contributed by atoms with Crippen molar-refractivity contribution < 1.29 is 14.5 Å². The molecule has 5 rings (SSSR count). The van der Waals surface area contributed by atoms with E-state index in [0.29, 0.717) is 28.4 Å². The maximum atomic E-state index is 13.8. The van der Waals surface area contributed by atoms with Crippen LogP contribution in [0.5, 0.6) is 0 Å². The zero-order chi connectivity index (χ0) is 26.3. The van der Waals surface area contributed by atoms with E-state index < -0.39 is 16.7 Å². The predicted octanol–water partition coefficient (Wildman–Crippen LogP) is 5.11. The van der Waals surface area contributed by atoms with Crippen molar-refractivity contribution in [3.05, 3.63) is 105 Å². The first-order valence-electron chi connectivity index (χ1n) is 11.7. The lowest BCUT2D eigenvalue weighted by Gasteiger charge is -2.44. The molecule has 3 N–H and O–H groups in total. The van der Waals surface area contributed by atoms with Gasteiger partial charge >= 0.3 is 0 Å². The van der Waals surface area contributed by atoms with Crippen LogP contribution < -0.4 is 16.0 Å². The molecule has 1 amide bonds. The van der Waals surface area contributed by atoms with Gasteiger partial charge in [-0.2, -0.15) is 0 Å². The zero-order valence-corrected chi connectivity index (χ0v) is 21.1. The summed E-state index contributed by atoms with van der Waals surface area (Å²) in [7, 11) is 0. The van der Waals surface area contributed by atoms with Gasteiger partial charge in [0.25, 0.3) is 11.6 Å². The van der Waals surface area contributed by atoms with Gasteiger partial charge in [-0.3, -0.25) is 29.9 Å². The standard InChI is InChI=1S/C27H25N5O4S/c1-27(2)14-19-22(20(33)15-27)21(16-7-6-10-18(13-16)32(35)36)23(25(34)30-26-29-11-12-37-26)24(28)31(19)17-8-4-3-5-9-17/h3-13,21H,14-15,28H2,1-2H3,(H,29,30,34)/t21-/m0/s1. The average molecular weight is 516 g/mol. The molecule has 0 saturated heterocycles. The van der Waals surface area contributed by atoms with Crippen molar-refractivity contribution in [3.8, 4) is 0 Å². The summed E-state index contributed by atoms with van der Waals surface area (Å²) in [4.78, 5) is 44.6. The number of carbonyl (C=O) groups excluding carboxylic acids is 2. The van der Waals surface area contributed by atoms with E-state index in [-0.39, 0.29) is 34.7 Å². The second-order valence-corrected chi connectivity index (χ2v) is 10.7. The molecular weight excluding hydrogens is 490 g/mol. The first-order chi connectivity index (χ1) is 17.7. The Balaban J connectivity index is 1.77. The van der Waals surface area contributed by atoms with Gasteiger partial charge in [-0.25, -0.2) is 4.98 Å². The van der Waals surface area contributed by atoms with Crippen molar-refractivity contribution in [2.24, 2.45) is 11.1 Å². The third-order valence-corrected chi connectivity index (χ3v) is 7.28. The van der Waals surface area contributed by atoms with Crippen LogP contribution in [-0.4, -0.2) is 21.6 Å². The summed E-state index contributed by atoms with van der Waals surface area (Å²) in [6, 6.07) is 15.4. The Bertz CT molecular complexity index is 1460. The summed E-state index contributed by atoms with van der Waals surface area (Å²) in [5, 5.41) is 16.5. The first kappa shape index (κ1) is 24.4. The molecule has 188 valence electrons. The van der Waals surface area contributed by atoms with Crippen molar-refractivity contribution in [2.75, 3.05) is 10.2 Å². The summed E-state index contributed by atoms with van der Waals surface area (Å²) >= 11 is 1.25. The number of nitro groups is 1. The Morgan fingerprint density at radius 3 is 2.62 bits per heavy atom. The molecule has 0 bridgehead atoms. The van der Waals surface area contributed by atoms with Crippen LogP contribution in [0.15, 0.2) is 88.8 Å². The Kier molecular flexibility index (Phi) is 6.12. The van der Waals surface area contributed by atoms with Crippen LogP contribution in [0.3, 0.4) is 0 Å². The van der Waals surface area contributed by atoms with Crippen molar-refractivity contribution >= 4 is 39.5 Å². The topological polar surface area (TPSA) is 131 Å². The highest BCUT2D eigenvalue weighted by Crippen LogP contribution is 2.50. The minimum Gasteiger partial charge on any atom is -0.384 e. The summed E-state index contributed by atoms with van der Waals surface area (Å²) in [5.74, 6) is -1.34. The Labute approximate surface area is 217 Å². The molecule has 3 aromatic rings. The van der Waals surface area contributed by atoms with Gasteiger partial charge in [-0.15, -0.1) is 11.3 Å². The number of carbonyl (C=O) groups is 2. The van der Waals surface area contributed by atoms with Gasteiger partial charge in [-0.1, -0.05) is 44.2 Å². The molecule has 1 aromatic heterocycles. The molecule has 9 nitrogen and oxygen atoms in total. The first-order valence-corrected chi connectivity index (χ1v) is 12.6.